The molecule has 1 saturated carbocycles. The van der Waals surface area contributed by atoms with Gasteiger partial charge in [-0.05, 0) is 30.9 Å². The van der Waals surface area contributed by atoms with Gasteiger partial charge >= 0.3 is 5.97 Å². The molecule has 2 unspecified atom stereocenters. The number of methoxy groups -OCH3 is 1. The van der Waals surface area contributed by atoms with Crippen molar-refractivity contribution in [1.82, 2.24) is 0 Å². The van der Waals surface area contributed by atoms with Crippen LogP contribution in [0.25, 0.3) is 0 Å². The molecule has 0 amide bonds. The van der Waals surface area contributed by atoms with E-state index in [0.29, 0.717) is 31.2 Å². The third-order valence-electron chi connectivity index (χ3n) is 4.40. The number of ether oxygens (including phenoxy) is 1. The van der Waals surface area contributed by atoms with E-state index in [2.05, 4.69) is 0 Å². The number of rotatable bonds is 6. The fourth-order valence-electron chi connectivity index (χ4n) is 3.17. The first-order valence-electron chi connectivity index (χ1n) is 7.88. The molecule has 0 saturated heterocycles. The van der Waals surface area contributed by atoms with E-state index in [0.717, 1.165) is 11.6 Å². The highest BCUT2D eigenvalue weighted by atomic mass is 19.1. The van der Waals surface area contributed by atoms with Gasteiger partial charge in [0.05, 0.1) is 19.6 Å². The summed E-state index contributed by atoms with van der Waals surface area (Å²) in [5, 5.41) is 0. The Hall–Kier alpha value is -2.08. The molecular weight excluding hydrogens is 316 g/mol. The van der Waals surface area contributed by atoms with E-state index >= 15 is 0 Å². The van der Waals surface area contributed by atoms with Crippen molar-refractivity contribution in [2.75, 3.05) is 13.7 Å². The summed E-state index contributed by atoms with van der Waals surface area (Å²) in [6, 6.07) is 3.39. The van der Waals surface area contributed by atoms with Gasteiger partial charge in [-0.15, -0.1) is 0 Å². The molecule has 1 aliphatic rings. The van der Waals surface area contributed by atoms with E-state index in [4.69, 9.17) is 10.5 Å². The number of allylic oxidation sites excluding steroid dienone is 2. The maximum absolute atomic E-state index is 14.1. The molecule has 4 nitrogen and oxygen atoms in total. The normalized spacial score (nSPS) is 21.9. The second kappa shape index (κ2) is 8.15. The Bertz CT molecular complexity index is 658. The molecule has 0 aliphatic heterocycles. The van der Waals surface area contributed by atoms with E-state index < -0.39 is 29.4 Å². The number of nitrogens with two attached hydrogens (primary N) is 1. The Morgan fingerprint density at radius 3 is 2.71 bits per heavy atom. The summed E-state index contributed by atoms with van der Waals surface area (Å²) < 4.78 is 32.1. The Morgan fingerprint density at radius 2 is 2.08 bits per heavy atom. The second-order valence-corrected chi connectivity index (χ2v) is 5.95. The average molecular weight is 337 g/mol. The first-order valence-corrected chi connectivity index (χ1v) is 7.88. The number of carbonyl (C=O) groups is 2. The Labute approximate surface area is 139 Å². The lowest BCUT2D eigenvalue weighted by atomic mass is 9.88. The molecule has 0 heterocycles. The lowest BCUT2D eigenvalue weighted by molar-refractivity contribution is -0.145. The SMILES string of the molecule is COC(=O)C1C/C(=C\CCC(=O)CN)CC1c1ccc(F)cc1F. The zero-order valence-electron chi connectivity index (χ0n) is 13.6. The molecule has 1 fully saturated rings. The smallest absolute Gasteiger partial charge is 0.309 e. The molecule has 1 aliphatic carbocycles. The largest absolute Gasteiger partial charge is 0.469 e. The third-order valence-corrected chi connectivity index (χ3v) is 4.40. The molecule has 0 spiro atoms. The van der Waals surface area contributed by atoms with Crippen LogP contribution in [0.2, 0.25) is 0 Å². The molecule has 0 radical (unpaired) electrons. The van der Waals surface area contributed by atoms with Crippen molar-refractivity contribution < 1.29 is 23.1 Å². The Morgan fingerprint density at radius 1 is 1.33 bits per heavy atom. The molecule has 0 aromatic heterocycles. The highest BCUT2D eigenvalue weighted by molar-refractivity contribution is 5.80. The highest BCUT2D eigenvalue weighted by Crippen LogP contribution is 2.44. The number of ketones is 1. The number of hydrogen-bond donors (Lipinski definition) is 1. The third kappa shape index (κ3) is 4.26. The summed E-state index contributed by atoms with van der Waals surface area (Å²) in [5.74, 6) is -2.66. The van der Waals surface area contributed by atoms with Gasteiger partial charge in [0.1, 0.15) is 17.4 Å². The molecule has 0 bridgehead atoms. The van der Waals surface area contributed by atoms with Gasteiger partial charge in [-0.25, -0.2) is 8.78 Å². The number of hydrogen-bond acceptors (Lipinski definition) is 4. The van der Waals surface area contributed by atoms with Gasteiger partial charge in [-0.2, -0.15) is 0 Å². The van der Waals surface area contributed by atoms with Crippen molar-refractivity contribution >= 4 is 11.8 Å². The van der Waals surface area contributed by atoms with Crippen LogP contribution in [0.4, 0.5) is 8.78 Å². The van der Waals surface area contributed by atoms with Crippen LogP contribution in [0.15, 0.2) is 29.8 Å². The minimum Gasteiger partial charge on any atom is -0.469 e. The van der Waals surface area contributed by atoms with E-state index in [-0.39, 0.29) is 12.3 Å². The molecule has 24 heavy (non-hydrogen) atoms. The molecule has 1 aromatic carbocycles. The van der Waals surface area contributed by atoms with Crippen LogP contribution in [-0.4, -0.2) is 25.4 Å². The van der Waals surface area contributed by atoms with Crippen molar-refractivity contribution in [3.63, 3.8) is 0 Å². The summed E-state index contributed by atoms with van der Waals surface area (Å²) in [7, 11) is 1.29. The standard InChI is InChI=1S/C18H21F2NO3/c1-24-18(23)16-8-11(3-2-4-13(22)10-21)7-15(16)14-6-5-12(19)9-17(14)20/h3,5-6,9,15-16H,2,4,7-8,10,21H2,1H3/b11-3-. The topological polar surface area (TPSA) is 69.4 Å². The number of carbonyl (C=O) groups excluding carboxylic acids is 2. The number of benzene rings is 1. The minimum atomic E-state index is -0.659. The number of Topliss-reactive ketones (excluding diaryl/α,β-unsaturated/α-hetero) is 1. The maximum Gasteiger partial charge on any atom is 0.309 e. The molecular formula is C18H21F2NO3. The van der Waals surface area contributed by atoms with E-state index in [1.54, 1.807) is 0 Å². The maximum atomic E-state index is 14.1. The first-order chi connectivity index (χ1) is 11.5. The van der Waals surface area contributed by atoms with Gasteiger partial charge in [0.25, 0.3) is 0 Å². The molecule has 1 aromatic rings. The van der Waals surface area contributed by atoms with Crippen molar-refractivity contribution in [3.05, 3.63) is 47.0 Å². The van der Waals surface area contributed by atoms with Crippen molar-refractivity contribution in [3.8, 4) is 0 Å². The van der Waals surface area contributed by atoms with Crippen LogP contribution in [0.1, 0.15) is 37.2 Å². The number of halogens is 2. The van der Waals surface area contributed by atoms with Crippen LogP contribution in [0.5, 0.6) is 0 Å². The summed E-state index contributed by atoms with van der Waals surface area (Å²) >= 11 is 0. The summed E-state index contributed by atoms with van der Waals surface area (Å²) in [5.41, 5.74) is 6.56. The van der Waals surface area contributed by atoms with Gasteiger partial charge in [-0.1, -0.05) is 17.7 Å². The fraction of sp³-hybridized carbons (Fsp3) is 0.444. The lowest BCUT2D eigenvalue weighted by Gasteiger charge is -2.17. The zero-order valence-corrected chi connectivity index (χ0v) is 13.6. The van der Waals surface area contributed by atoms with Crippen molar-refractivity contribution in [2.24, 2.45) is 11.7 Å². The predicted octanol–water partition coefficient (Wildman–Crippen LogP) is 2.87. The van der Waals surface area contributed by atoms with Gasteiger partial charge in [-0.3, -0.25) is 9.59 Å². The second-order valence-electron chi connectivity index (χ2n) is 5.95. The molecule has 130 valence electrons. The minimum absolute atomic E-state index is 0.0113. The van der Waals surface area contributed by atoms with Crippen molar-refractivity contribution in [1.29, 1.82) is 0 Å². The summed E-state index contributed by atoms with van der Waals surface area (Å²) in [6.45, 7) is 0.0113. The van der Waals surface area contributed by atoms with Gasteiger partial charge < -0.3 is 10.5 Å². The number of esters is 1. The van der Waals surface area contributed by atoms with Crippen LogP contribution in [0.3, 0.4) is 0 Å². The van der Waals surface area contributed by atoms with Gasteiger partial charge in [0.2, 0.25) is 0 Å². The van der Waals surface area contributed by atoms with Crippen LogP contribution in [0, 0.1) is 17.6 Å². The Balaban J connectivity index is 2.20. The van der Waals surface area contributed by atoms with Gasteiger partial charge in [0, 0.05) is 18.4 Å². The van der Waals surface area contributed by atoms with Crippen LogP contribution >= 0.6 is 0 Å². The predicted molar refractivity (Wildman–Crippen MR) is 85.2 cm³/mol. The van der Waals surface area contributed by atoms with Crippen LogP contribution < -0.4 is 5.73 Å². The monoisotopic (exact) mass is 337 g/mol. The molecule has 2 N–H and O–H groups in total. The van der Waals surface area contributed by atoms with E-state index in [1.807, 2.05) is 6.08 Å². The molecule has 2 atom stereocenters. The average Bonchev–Trinajstić information content (AvgIpc) is 2.97. The Kier molecular flexibility index (Phi) is 6.20. The first kappa shape index (κ1) is 18.3. The van der Waals surface area contributed by atoms with Gasteiger partial charge in [0.15, 0.2) is 0 Å². The molecule has 2 rings (SSSR count). The van der Waals surface area contributed by atoms with E-state index in [9.17, 15) is 18.4 Å². The quantitative estimate of drug-likeness (QED) is 0.640. The molecule has 6 heteroatoms. The van der Waals surface area contributed by atoms with Crippen molar-refractivity contribution in [2.45, 2.75) is 31.6 Å². The van der Waals surface area contributed by atoms with Crippen LogP contribution in [-0.2, 0) is 14.3 Å². The zero-order chi connectivity index (χ0) is 17.7. The highest BCUT2D eigenvalue weighted by Gasteiger charge is 2.38. The van der Waals surface area contributed by atoms with E-state index in [1.165, 1.54) is 19.2 Å². The lowest BCUT2D eigenvalue weighted by Crippen LogP contribution is -2.19. The fourth-order valence-corrected chi connectivity index (χ4v) is 3.17. The summed E-state index contributed by atoms with van der Waals surface area (Å²) in [6.07, 6.45) is 3.73. The summed E-state index contributed by atoms with van der Waals surface area (Å²) in [4.78, 5) is 23.3.